The van der Waals surface area contributed by atoms with Crippen molar-refractivity contribution < 1.29 is 13.9 Å². The molecule has 0 atom stereocenters. The van der Waals surface area contributed by atoms with Crippen LogP contribution >= 0.6 is 27.5 Å². The van der Waals surface area contributed by atoms with Crippen LogP contribution in [0.25, 0.3) is 11.0 Å². The van der Waals surface area contributed by atoms with Gasteiger partial charge in [-0.15, -0.1) is 0 Å². The molecule has 0 spiro atoms. The highest BCUT2D eigenvalue weighted by Crippen LogP contribution is 2.23. The summed E-state index contributed by atoms with van der Waals surface area (Å²) in [5, 5.41) is 1.06. The fraction of sp³-hybridized carbons (Fsp3) is 0.0588. The Morgan fingerprint density at radius 2 is 2.00 bits per heavy atom. The minimum absolute atomic E-state index is 0.0644. The molecule has 0 radical (unpaired) electrons. The van der Waals surface area contributed by atoms with Gasteiger partial charge in [-0.05, 0) is 36.4 Å². The summed E-state index contributed by atoms with van der Waals surface area (Å²) in [5.41, 5.74) is 6.72. The number of nitrogen functional groups attached to an aromatic ring is 1. The van der Waals surface area contributed by atoms with Crippen LogP contribution in [-0.4, -0.2) is 5.97 Å². The van der Waals surface area contributed by atoms with Crippen molar-refractivity contribution in [3.05, 3.63) is 73.5 Å². The highest BCUT2D eigenvalue weighted by molar-refractivity contribution is 9.10. The summed E-state index contributed by atoms with van der Waals surface area (Å²) in [6, 6.07) is 11.1. The van der Waals surface area contributed by atoms with E-state index in [0.717, 1.165) is 4.47 Å². The molecule has 0 aliphatic heterocycles. The summed E-state index contributed by atoms with van der Waals surface area (Å²) in [6.45, 7) is -0.0644. The molecule has 1 aromatic heterocycles. The van der Waals surface area contributed by atoms with Gasteiger partial charge in [0.05, 0.1) is 16.3 Å². The lowest BCUT2D eigenvalue weighted by atomic mass is 10.1. The number of nitrogens with two attached hydrogens (primary N) is 1. The first-order valence-electron chi connectivity index (χ1n) is 6.88. The van der Waals surface area contributed by atoms with E-state index >= 15 is 0 Å². The van der Waals surface area contributed by atoms with E-state index in [9.17, 15) is 9.59 Å². The molecule has 5 nitrogen and oxygen atoms in total. The number of carbonyl (C=O) groups is 1. The zero-order valence-electron chi connectivity index (χ0n) is 12.2. The molecule has 3 rings (SSSR count). The number of anilines is 1. The number of hydrogen-bond donors (Lipinski definition) is 1. The molecule has 2 N–H and O–H groups in total. The third-order valence-corrected chi connectivity index (χ3v) is 4.22. The van der Waals surface area contributed by atoms with E-state index in [1.807, 2.05) is 6.07 Å². The van der Waals surface area contributed by atoms with Crippen LogP contribution in [0.4, 0.5) is 5.69 Å². The molecule has 0 saturated carbocycles. The van der Waals surface area contributed by atoms with E-state index in [2.05, 4.69) is 15.9 Å². The maximum atomic E-state index is 12.1. The molecule has 0 saturated heterocycles. The van der Waals surface area contributed by atoms with Gasteiger partial charge in [0.1, 0.15) is 12.2 Å². The average molecular weight is 409 g/mol. The fourth-order valence-electron chi connectivity index (χ4n) is 2.22. The third kappa shape index (κ3) is 3.44. The Morgan fingerprint density at radius 3 is 2.75 bits per heavy atom. The predicted octanol–water partition coefficient (Wildman–Crippen LogP) is 4.15. The van der Waals surface area contributed by atoms with Crippen molar-refractivity contribution in [2.75, 3.05) is 5.73 Å². The van der Waals surface area contributed by atoms with Gasteiger partial charge in [0.15, 0.2) is 0 Å². The van der Waals surface area contributed by atoms with Crippen molar-refractivity contribution in [1.29, 1.82) is 0 Å². The van der Waals surface area contributed by atoms with E-state index in [0.29, 0.717) is 27.2 Å². The van der Waals surface area contributed by atoms with Crippen LogP contribution in [0.3, 0.4) is 0 Å². The van der Waals surface area contributed by atoms with E-state index in [4.69, 9.17) is 26.5 Å². The van der Waals surface area contributed by atoms with Gasteiger partial charge in [-0.2, -0.15) is 0 Å². The van der Waals surface area contributed by atoms with E-state index in [1.165, 1.54) is 24.3 Å². The normalized spacial score (nSPS) is 10.8. The summed E-state index contributed by atoms with van der Waals surface area (Å²) in [7, 11) is 0. The minimum atomic E-state index is -0.558. The second kappa shape index (κ2) is 6.67. The molecule has 7 heteroatoms. The molecular formula is C17H11BrClNO4. The van der Waals surface area contributed by atoms with Gasteiger partial charge in [-0.1, -0.05) is 27.5 Å². The van der Waals surface area contributed by atoms with Gasteiger partial charge in [-0.25, -0.2) is 9.59 Å². The summed E-state index contributed by atoms with van der Waals surface area (Å²) < 4.78 is 11.2. The second-order valence-electron chi connectivity index (χ2n) is 5.04. The molecule has 0 unspecified atom stereocenters. The van der Waals surface area contributed by atoms with Crippen molar-refractivity contribution in [1.82, 2.24) is 0 Å². The first-order valence-corrected chi connectivity index (χ1v) is 8.05. The lowest BCUT2D eigenvalue weighted by Gasteiger charge is -2.08. The fourth-order valence-corrected chi connectivity index (χ4v) is 2.68. The predicted molar refractivity (Wildman–Crippen MR) is 95.2 cm³/mol. The number of rotatable bonds is 3. The molecule has 1 heterocycles. The highest BCUT2D eigenvalue weighted by Gasteiger charge is 2.12. The summed E-state index contributed by atoms with van der Waals surface area (Å²) in [4.78, 5) is 23.8. The van der Waals surface area contributed by atoms with E-state index in [1.54, 1.807) is 12.1 Å². The molecular weight excluding hydrogens is 398 g/mol. The van der Waals surface area contributed by atoms with Crippen LogP contribution in [0.2, 0.25) is 5.02 Å². The van der Waals surface area contributed by atoms with Crippen molar-refractivity contribution in [2.45, 2.75) is 6.61 Å². The van der Waals surface area contributed by atoms with Crippen molar-refractivity contribution in [3.8, 4) is 0 Å². The third-order valence-electron chi connectivity index (χ3n) is 3.38. The Bertz CT molecular complexity index is 1000. The van der Waals surface area contributed by atoms with Gasteiger partial charge >= 0.3 is 11.6 Å². The maximum Gasteiger partial charge on any atom is 0.338 e. The Balaban J connectivity index is 1.86. The number of benzene rings is 2. The van der Waals surface area contributed by atoms with E-state index in [-0.39, 0.29) is 12.2 Å². The second-order valence-corrected chi connectivity index (χ2v) is 6.37. The van der Waals surface area contributed by atoms with Crippen molar-refractivity contribution in [3.63, 3.8) is 0 Å². The Labute approximate surface area is 150 Å². The molecule has 3 aromatic rings. The number of fused-ring (bicyclic) bond motifs is 1. The Kier molecular flexibility index (Phi) is 4.59. The number of hydrogen-bond acceptors (Lipinski definition) is 5. The van der Waals surface area contributed by atoms with Gasteiger partial charge in [0.25, 0.3) is 0 Å². The van der Waals surface area contributed by atoms with Crippen LogP contribution in [0.5, 0.6) is 0 Å². The maximum absolute atomic E-state index is 12.1. The molecule has 0 aliphatic carbocycles. The summed E-state index contributed by atoms with van der Waals surface area (Å²) in [5.74, 6) is -0.558. The minimum Gasteiger partial charge on any atom is -0.457 e. The summed E-state index contributed by atoms with van der Waals surface area (Å²) in [6.07, 6.45) is 0. The van der Waals surface area contributed by atoms with Gasteiger partial charge in [-0.3, -0.25) is 0 Å². The van der Waals surface area contributed by atoms with Crippen LogP contribution < -0.4 is 11.4 Å². The lowest BCUT2D eigenvalue weighted by Crippen LogP contribution is -2.08. The van der Waals surface area contributed by atoms with Crippen LogP contribution in [0.1, 0.15) is 15.9 Å². The Hall–Kier alpha value is -2.31. The standard InChI is InChI=1S/C17H11BrClNO4/c18-11-2-3-12-10(6-16(21)24-15(12)7-11)8-23-17(22)9-1-4-13(19)14(20)5-9/h1-7H,8,20H2. The van der Waals surface area contributed by atoms with Crippen LogP contribution in [-0.2, 0) is 11.3 Å². The zero-order chi connectivity index (χ0) is 17.3. The first kappa shape index (κ1) is 16.5. The SMILES string of the molecule is Nc1cc(C(=O)OCc2cc(=O)oc3cc(Br)ccc23)ccc1Cl. The van der Waals surface area contributed by atoms with Crippen LogP contribution in [0, 0.1) is 0 Å². The van der Waals surface area contributed by atoms with Gasteiger partial charge in [0.2, 0.25) is 0 Å². The number of ether oxygens (including phenoxy) is 1. The Morgan fingerprint density at radius 1 is 1.21 bits per heavy atom. The van der Waals surface area contributed by atoms with E-state index < -0.39 is 11.6 Å². The van der Waals surface area contributed by atoms with Gasteiger partial charge < -0.3 is 14.9 Å². The molecule has 24 heavy (non-hydrogen) atoms. The van der Waals surface area contributed by atoms with Crippen LogP contribution in [0.15, 0.2) is 56.1 Å². The first-order chi connectivity index (χ1) is 11.4. The smallest absolute Gasteiger partial charge is 0.338 e. The summed E-state index contributed by atoms with van der Waals surface area (Å²) >= 11 is 9.14. The van der Waals surface area contributed by atoms with Crippen molar-refractivity contribution in [2.24, 2.45) is 0 Å². The number of halogens is 2. The van der Waals surface area contributed by atoms with Gasteiger partial charge in [0, 0.05) is 21.5 Å². The molecule has 2 aromatic carbocycles. The highest BCUT2D eigenvalue weighted by atomic mass is 79.9. The monoisotopic (exact) mass is 407 g/mol. The molecule has 0 fully saturated rings. The molecule has 0 aliphatic rings. The quantitative estimate of drug-likeness (QED) is 0.400. The molecule has 0 bridgehead atoms. The largest absolute Gasteiger partial charge is 0.457 e. The van der Waals surface area contributed by atoms with Crippen molar-refractivity contribution >= 4 is 50.2 Å². The average Bonchev–Trinajstić information content (AvgIpc) is 2.54. The molecule has 122 valence electrons. The lowest BCUT2D eigenvalue weighted by molar-refractivity contribution is 0.0474. The molecule has 0 amide bonds. The number of esters is 1. The number of carbonyl (C=O) groups excluding carboxylic acids is 1. The zero-order valence-corrected chi connectivity index (χ0v) is 14.6. The topological polar surface area (TPSA) is 82.5 Å².